The molecule has 1 aromatic carbocycles. The molecule has 5 nitrogen and oxygen atoms in total. The largest absolute Gasteiger partial charge is 0.316 e. The summed E-state index contributed by atoms with van der Waals surface area (Å²) in [6.45, 7) is 1.98. The van der Waals surface area contributed by atoms with E-state index in [0.29, 0.717) is 10.6 Å². The summed E-state index contributed by atoms with van der Waals surface area (Å²) in [6.07, 6.45) is 1.62. The average Bonchev–Trinajstić information content (AvgIpc) is 2.95. The van der Waals surface area contributed by atoms with Crippen molar-refractivity contribution in [3.05, 3.63) is 46.2 Å². The SMILES string of the molecule is CNCc1cc(S(=O)(=O)NC(C)c2nccs2)ccc1F. The Morgan fingerprint density at radius 2 is 2.19 bits per heavy atom. The summed E-state index contributed by atoms with van der Waals surface area (Å²) in [5.41, 5.74) is 0.308. The van der Waals surface area contributed by atoms with Crippen LogP contribution in [-0.4, -0.2) is 20.4 Å². The van der Waals surface area contributed by atoms with Crippen LogP contribution in [0, 0.1) is 5.82 Å². The third kappa shape index (κ3) is 3.85. The van der Waals surface area contributed by atoms with Gasteiger partial charge in [0.1, 0.15) is 10.8 Å². The molecule has 1 unspecified atom stereocenters. The first-order valence-corrected chi connectivity index (χ1v) is 8.65. The van der Waals surface area contributed by atoms with Crippen LogP contribution in [0.25, 0.3) is 0 Å². The van der Waals surface area contributed by atoms with Crippen LogP contribution in [0.15, 0.2) is 34.7 Å². The molecule has 0 saturated carbocycles. The highest BCUT2D eigenvalue weighted by Gasteiger charge is 2.20. The van der Waals surface area contributed by atoms with Gasteiger partial charge in [0, 0.05) is 23.7 Å². The molecule has 2 N–H and O–H groups in total. The number of nitrogens with one attached hydrogen (secondary N) is 2. The van der Waals surface area contributed by atoms with Gasteiger partial charge in [-0.1, -0.05) is 0 Å². The van der Waals surface area contributed by atoms with Crippen molar-refractivity contribution in [2.24, 2.45) is 0 Å². The van der Waals surface area contributed by atoms with Crippen molar-refractivity contribution >= 4 is 21.4 Å². The Kier molecular flexibility index (Phi) is 5.04. The number of benzene rings is 1. The van der Waals surface area contributed by atoms with Crippen LogP contribution in [0.5, 0.6) is 0 Å². The van der Waals surface area contributed by atoms with Crippen LogP contribution in [0.1, 0.15) is 23.5 Å². The van der Waals surface area contributed by atoms with E-state index in [9.17, 15) is 12.8 Å². The maximum Gasteiger partial charge on any atom is 0.241 e. The highest BCUT2D eigenvalue weighted by atomic mass is 32.2. The first kappa shape index (κ1) is 16.0. The Hall–Kier alpha value is -1.35. The second-order valence-corrected chi connectivity index (χ2v) is 7.14. The van der Waals surface area contributed by atoms with Crippen molar-refractivity contribution in [2.45, 2.75) is 24.4 Å². The zero-order chi connectivity index (χ0) is 15.5. The summed E-state index contributed by atoms with van der Waals surface area (Å²) in [6, 6.07) is 3.32. The lowest BCUT2D eigenvalue weighted by Gasteiger charge is -2.13. The maximum atomic E-state index is 13.6. The van der Waals surface area contributed by atoms with Crippen molar-refractivity contribution < 1.29 is 12.8 Å². The normalized spacial score (nSPS) is 13.3. The molecule has 0 aliphatic heterocycles. The predicted octanol–water partition coefficient (Wildman–Crippen LogP) is 2.04. The molecule has 0 bridgehead atoms. The molecule has 1 aromatic heterocycles. The lowest BCUT2D eigenvalue weighted by Crippen LogP contribution is -2.27. The second kappa shape index (κ2) is 6.61. The fourth-order valence-electron chi connectivity index (χ4n) is 1.84. The van der Waals surface area contributed by atoms with Crippen LogP contribution in [0.2, 0.25) is 0 Å². The van der Waals surface area contributed by atoms with E-state index in [-0.39, 0.29) is 11.4 Å². The molecule has 0 fully saturated rings. The molecule has 0 aliphatic rings. The van der Waals surface area contributed by atoms with Gasteiger partial charge in [0.25, 0.3) is 0 Å². The molecular formula is C13H16FN3O2S2. The van der Waals surface area contributed by atoms with Gasteiger partial charge in [-0.3, -0.25) is 0 Å². The summed E-state index contributed by atoms with van der Waals surface area (Å²) < 4.78 is 40.8. The van der Waals surface area contributed by atoms with Gasteiger partial charge in [0.2, 0.25) is 10.0 Å². The van der Waals surface area contributed by atoms with E-state index in [1.807, 2.05) is 0 Å². The number of sulfonamides is 1. The number of hydrogen-bond acceptors (Lipinski definition) is 5. The number of nitrogens with zero attached hydrogens (tertiary/aromatic N) is 1. The Labute approximate surface area is 127 Å². The van der Waals surface area contributed by atoms with E-state index in [1.165, 1.54) is 23.5 Å². The van der Waals surface area contributed by atoms with Gasteiger partial charge in [-0.15, -0.1) is 11.3 Å². The maximum absolute atomic E-state index is 13.6. The van der Waals surface area contributed by atoms with Gasteiger partial charge in [0.05, 0.1) is 10.9 Å². The Bertz CT molecular complexity index is 702. The Balaban J connectivity index is 2.25. The Morgan fingerprint density at radius 1 is 1.43 bits per heavy atom. The molecule has 2 aromatic rings. The fraction of sp³-hybridized carbons (Fsp3) is 0.308. The monoisotopic (exact) mass is 329 g/mol. The minimum atomic E-state index is -3.72. The van der Waals surface area contributed by atoms with E-state index in [1.54, 1.807) is 25.5 Å². The number of halogens is 1. The van der Waals surface area contributed by atoms with E-state index in [4.69, 9.17) is 0 Å². The van der Waals surface area contributed by atoms with Crippen molar-refractivity contribution in [3.8, 4) is 0 Å². The first-order chi connectivity index (χ1) is 9.94. The van der Waals surface area contributed by atoms with Crippen LogP contribution < -0.4 is 10.0 Å². The molecule has 0 saturated heterocycles. The van der Waals surface area contributed by atoms with E-state index >= 15 is 0 Å². The topological polar surface area (TPSA) is 71.1 Å². The van der Waals surface area contributed by atoms with Crippen molar-refractivity contribution in [1.82, 2.24) is 15.0 Å². The summed E-state index contributed by atoms with van der Waals surface area (Å²) in [5, 5.41) is 5.26. The van der Waals surface area contributed by atoms with E-state index in [2.05, 4.69) is 15.0 Å². The van der Waals surface area contributed by atoms with Gasteiger partial charge in [0.15, 0.2) is 0 Å². The minimum absolute atomic E-state index is 0.0394. The third-order valence-electron chi connectivity index (χ3n) is 2.85. The molecule has 8 heteroatoms. The van der Waals surface area contributed by atoms with Gasteiger partial charge in [-0.25, -0.2) is 22.5 Å². The van der Waals surface area contributed by atoms with Crippen LogP contribution in [-0.2, 0) is 16.6 Å². The van der Waals surface area contributed by atoms with Gasteiger partial charge in [-0.2, -0.15) is 0 Å². The summed E-state index contributed by atoms with van der Waals surface area (Å²) in [7, 11) is -2.05. The van der Waals surface area contributed by atoms with E-state index < -0.39 is 21.9 Å². The molecular weight excluding hydrogens is 313 g/mol. The molecule has 114 valence electrons. The lowest BCUT2D eigenvalue weighted by atomic mass is 10.2. The molecule has 1 atom stereocenters. The third-order valence-corrected chi connectivity index (χ3v) is 5.35. The molecule has 0 aliphatic carbocycles. The highest BCUT2D eigenvalue weighted by molar-refractivity contribution is 7.89. The van der Waals surface area contributed by atoms with Gasteiger partial charge >= 0.3 is 0 Å². The summed E-state index contributed by atoms with van der Waals surface area (Å²) in [4.78, 5) is 4.12. The van der Waals surface area contributed by atoms with Crippen molar-refractivity contribution in [2.75, 3.05) is 7.05 Å². The molecule has 0 amide bonds. The van der Waals surface area contributed by atoms with E-state index in [0.717, 1.165) is 6.07 Å². The molecule has 0 radical (unpaired) electrons. The number of aromatic nitrogens is 1. The van der Waals surface area contributed by atoms with Crippen LogP contribution in [0.3, 0.4) is 0 Å². The predicted molar refractivity (Wildman–Crippen MR) is 80.0 cm³/mol. The summed E-state index contributed by atoms with van der Waals surface area (Å²) in [5.74, 6) is -0.434. The quantitative estimate of drug-likeness (QED) is 0.851. The highest BCUT2D eigenvalue weighted by Crippen LogP contribution is 2.20. The Morgan fingerprint density at radius 3 is 2.81 bits per heavy atom. The minimum Gasteiger partial charge on any atom is -0.316 e. The molecule has 21 heavy (non-hydrogen) atoms. The number of thiazole rings is 1. The second-order valence-electron chi connectivity index (χ2n) is 4.50. The lowest BCUT2D eigenvalue weighted by molar-refractivity contribution is 0.564. The van der Waals surface area contributed by atoms with Crippen LogP contribution >= 0.6 is 11.3 Å². The average molecular weight is 329 g/mol. The zero-order valence-electron chi connectivity index (χ0n) is 11.6. The summed E-state index contributed by atoms with van der Waals surface area (Å²) >= 11 is 1.37. The van der Waals surface area contributed by atoms with Crippen molar-refractivity contribution in [1.29, 1.82) is 0 Å². The molecule has 2 rings (SSSR count). The molecule has 0 spiro atoms. The van der Waals surface area contributed by atoms with Gasteiger partial charge < -0.3 is 5.32 Å². The first-order valence-electron chi connectivity index (χ1n) is 6.29. The van der Waals surface area contributed by atoms with Crippen LogP contribution in [0.4, 0.5) is 4.39 Å². The number of rotatable bonds is 6. The number of hydrogen-bond donors (Lipinski definition) is 2. The smallest absolute Gasteiger partial charge is 0.241 e. The zero-order valence-corrected chi connectivity index (χ0v) is 13.3. The standard InChI is InChI=1S/C13H16FN3O2S2/c1-9(13-16-5-6-20-13)17-21(18,19)11-3-4-12(14)10(7-11)8-15-2/h3-7,9,15,17H,8H2,1-2H3. The fourth-order valence-corrected chi connectivity index (χ4v) is 3.82. The van der Waals surface area contributed by atoms with Crippen molar-refractivity contribution in [3.63, 3.8) is 0 Å². The van der Waals surface area contributed by atoms with Gasteiger partial charge in [-0.05, 0) is 32.2 Å². The molecule has 1 heterocycles.